The highest BCUT2D eigenvalue weighted by Gasteiger charge is 2.22. The zero-order valence-corrected chi connectivity index (χ0v) is 17.2. The lowest BCUT2D eigenvalue weighted by Crippen LogP contribution is -2.37. The third-order valence-corrected chi connectivity index (χ3v) is 5.94. The summed E-state index contributed by atoms with van der Waals surface area (Å²) in [5.41, 5.74) is 0.717. The molecule has 9 heteroatoms. The average molecular weight is 418 g/mol. The molecule has 3 aromatic rings. The molecule has 1 aromatic carbocycles. The number of benzene rings is 1. The lowest BCUT2D eigenvalue weighted by Gasteiger charge is -2.23. The molecular formula is C20H24ClN5O3. The van der Waals surface area contributed by atoms with Crippen molar-refractivity contribution in [1.82, 2.24) is 18.7 Å². The van der Waals surface area contributed by atoms with Gasteiger partial charge in [-0.2, -0.15) is 4.98 Å². The number of rotatable bonds is 4. The topological polar surface area (TPSA) is 94.1 Å². The normalized spacial score (nSPS) is 15.1. The molecule has 0 bridgehead atoms. The van der Waals surface area contributed by atoms with Crippen LogP contribution in [-0.4, -0.2) is 29.8 Å². The molecule has 2 aromatic heterocycles. The van der Waals surface area contributed by atoms with Gasteiger partial charge in [0.25, 0.3) is 5.56 Å². The zero-order valence-electron chi connectivity index (χ0n) is 16.5. The predicted octanol–water partition coefficient (Wildman–Crippen LogP) is 2.59. The SMILES string of the molecule is Cn1c(=O)c2c(nc(NC3CCCCC3)n2Cc2ccc(O)c(Cl)c2)n(C)c1=O. The van der Waals surface area contributed by atoms with Crippen LogP contribution in [0.15, 0.2) is 27.8 Å². The van der Waals surface area contributed by atoms with Crippen LogP contribution in [0.25, 0.3) is 11.2 Å². The fourth-order valence-electron chi connectivity index (χ4n) is 3.97. The van der Waals surface area contributed by atoms with Gasteiger partial charge >= 0.3 is 5.69 Å². The molecule has 8 nitrogen and oxygen atoms in total. The van der Waals surface area contributed by atoms with Crippen LogP contribution < -0.4 is 16.6 Å². The number of aryl methyl sites for hydroxylation is 1. The van der Waals surface area contributed by atoms with Crippen molar-refractivity contribution in [1.29, 1.82) is 0 Å². The van der Waals surface area contributed by atoms with Crippen LogP contribution in [0.5, 0.6) is 5.75 Å². The van der Waals surface area contributed by atoms with Crippen LogP contribution >= 0.6 is 11.6 Å². The van der Waals surface area contributed by atoms with Gasteiger partial charge < -0.3 is 10.4 Å². The summed E-state index contributed by atoms with van der Waals surface area (Å²) in [7, 11) is 3.08. The molecule has 0 unspecified atom stereocenters. The summed E-state index contributed by atoms with van der Waals surface area (Å²) in [6, 6.07) is 5.23. The van der Waals surface area contributed by atoms with Crippen molar-refractivity contribution < 1.29 is 5.11 Å². The van der Waals surface area contributed by atoms with E-state index in [9.17, 15) is 14.7 Å². The highest BCUT2D eigenvalue weighted by Crippen LogP contribution is 2.27. The van der Waals surface area contributed by atoms with Crippen molar-refractivity contribution in [2.45, 2.75) is 44.7 Å². The first-order valence-corrected chi connectivity index (χ1v) is 10.1. The number of hydrogen-bond donors (Lipinski definition) is 2. The maximum atomic E-state index is 12.9. The summed E-state index contributed by atoms with van der Waals surface area (Å²) >= 11 is 6.07. The number of nitrogens with one attached hydrogen (secondary N) is 1. The summed E-state index contributed by atoms with van der Waals surface area (Å²) in [5.74, 6) is 0.569. The predicted molar refractivity (Wildman–Crippen MR) is 113 cm³/mol. The highest BCUT2D eigenvalue weighted by molar-refractivity contribution is 6.32. The van der Waals surface area contributed by atoms with E-state index < -0.39 is 11.2 Å². The maximum absolute atomic E-state index is 12.9. The number of aromatic nitrogens is 4. The number of anilines is 1. The number of phenols is 1. The molecule has 0 amide bonds. The van der Waals surface area contributed by atoms with Gasteiger partial charge in [-0.15, -0.1) is 0 Å². The largest absolute Gasteiger partial charge is 0.506 e. The number of hydrogen-bond acceptors (Lipinski definition) is 5. The van der Waals surface area contributed by atoms with Crippen molar-refractivity contribution in [3.05, 3.63) is 49.6 Å². The van der Waals surface area contributed by atoms with Crippen molar-refractivity contribution >= 4 is 28.7 Å². The number of phenolic OH excluding ortho intramolecular Hbond substituents is 1. The van der Waals surface area contributed by atoms with Crippen LogP contribution in [0.3, 0.4) is 0 Å². The number of nitrogens with zero attached hydrogens (tertiary/aromatic N) is 4. The van der Waals surface area contributed by atoms with E-state index in [1.54, 1.807) is 23.7 Å². The van der Waals surface area contributed by atoms with E-state index in [-0.39, 0.29) is 16.8 Å². The Balaban J connectivity index is 1.88. The summed E-state index contributed by atoms with van der Waals surface area (Å²) in [6.45, 7) is 0.332. The lowest BCUT2D eigenvalue weighted by molar-refractivity contribution is 0.459. The van der Waals surface area contributed by atoms with Gasteiger partial charge in [0.15, 0.2) is 11.2 Å². The van der Waals surface area contributed by atoms with Crippen molar-refractivity contribution in [2.75, 3.05) is 5.32 Å². The quantitative estimate of drug-likeness (QED) is 0.680. The number of fused-ring (bicyclic) bond motifs is 1. The summed E-state index contributed by atoms with van der Waals surface area (Å²) in [6.07, 6.45) is 5.64. The van der Waals surface area contributed by atoms with E-state index in [4.69, 9.17) is 11.6 Å². The second-order valence-electron chi connectivity index (χ2n) is 7.66. The van der Waals surface area contributed by atoms with E-state index in [0.717, 1.165) is 35.8 Å². The average Bonchev–Trinajstić information content (AvgIpc) is 3.06. The molecule has 0 saturated heterocycles. The van der Waals surface area contributed by atoms with Crippen LogP contribution in [0.1, 0.15) is 37.7 Å². The summed E-state index contributed by atoms with van der Waals surface area (Å²) in [5, 5.41) is 13.4. The fourth-order valence-corrected chi connectivity index (χ4v) is 4.17. The molecule has 2 heterocycles. The molecule has 1 saturated carbocycles. The molecule has 29 heavy (non-hydrogen) atoms. The Morgan fingerprint density at radius 3 is 2.59 bits per heavy atom. The third-order valence-electron chi connectivity index (χ3n) is 5.64. The van der Waals surface area contributed by atoms with Crippen molar-refractivity contribution in [2.24, 2.45) is 14.1 Å². The molecule has 0 aliphatic heterocycles. The molecule has 2 N–H and O–H groups in total. The zero-order chi connectivity index (χ0) is 20.7. The molecule has 0 radical (unpaired) electrons. The summed E-state index contributed by atoms with van der Waals surface area (Å²) < 4.78 is 4.28. The van der Waals surface area contributed by atoms with Gasteiger partial charge in [-0.05, 0) is 30.5 Å². The monoisotopic (exact) mass is 417 g/mol. The molecule has 4 rings (SSSR count). The maximum Gasteiger partial charge on any atom is 0.332 e. The molecular weight excluding hydrogens is 394 g/mol. The van der Waals surface area contributed by atoms with Gasteiger partial charge in [-0.1, -0.05) is 36.9 Å². The Bertz CT molecular complexity index is 1190. The van der Waals surface area contributed by atoms with Gasteiger partial charge in [0.2, 0.25) is 5.95 Å². The minimum absolute atomic E-state index is 0.00442. The lowest BCUT2D eigenvalue weighted by atomic mass is 9.96. The van der Waals surface area contributed by atoms with E-state index in [1.807, 2.05) is 0 Å². The minimum atomic E-state index is -0.413. The number of imidazole rings is 1. The van der Waals surface area contributed by atoms with Crippen LogP contribution in [0.4, 0.5) is 5.95 Å². The van der Waals surface area contributed by atoms with Crippen LogP contribution in [0, 0.1) is 0 Å². The molecule has 0 atom stereocenters. The van der Waals surface area contributed by atoms with Gasteiger partial charge in [0.1, 0.15) is 5.75 Å². The smallest absolute Gasteiger partial charge is 0.332 e. The van der Waals surface area contributed by atoms with Crippen LogP contribution in [0.2, 0.25) is 5.02 Å². The van der Waals surface area contributed by atoms with Gasteiger partial charge in [-0.25, -0.2) is 4.79 Å². The number of aromatic hydroxyl groups is 1. The van der Waals surface area contributed by atoms with E-state index >= 15 is 0 Å². The number of halogens is 1. The minimum Gasteiger partial charge on any atom is -0.506 e. The highest BCUT2D eigenvalue weighted by atomic mass is 35.5. The first-order chi connectivity index (χ1) is 13.9. The first-order valence-electron chi connectivity index (χ1n) is 9.77. The standard InChI is InChI=1S/C20H24ClN5O3/c1-24-17-16(18(28)25(2)20(24)29)26(11-12-8-9-15(27)14(21)10-12)19(23-17)22-13-6-4-3-5-7-13/h8-10,13,27H,3-7,11H2,1-2H3,(H,22,23). The van der Waals surface area contributed by atoms with Crippen molar-refractivity contribution in [3.8, 4) is 5.75 Å². The fraction of sp³-hybridized carbons (Fsp3) is 0.450. The van der Waals surface area contributed by atoms with Gasteiger partial charge in [-0.3, -0.25) is 18.5 Å². The molecule has 1 fully saturated rings. The van der Waals surface area contributed by atoms with Gasteiger partial charge in [0, 0.05) is 20.1 Å². The summed E-state index contributed by atoms with van der Waals surface area (Å²) in [4.78, 5) is 29.9. The Morgan fingerprint density at radius 1 is 1.17 bits per heavy atom. The second kappa shape index (κ2) is 7.59. The molecule has 1 aliphatic carbocycles. The second-order valence-corrected chi connectivity index (χ2v) is 8.07. The van der Waals surface area contributed by atoms with Crippen LogP contribution in [-0.2, 0) is 20.6 Å². The van der Waals surface area contributed by atoms with Gasteiger partial charge in [0.05, 0.1) is 11.6 Å². The molecule has 154 valence electrons. The molecule has 1 aliphatic rings. The third kappa shape index (κ3) is 3.53. The molecule has 0 spiro atoms. The Kier molecular flexibility index (Phi) is 5.12. The van der Waals surface area contributed by atoms with Crippen molar-refractivity contribution in [3.63, 3.8) is 0 Å². The van der Waals surface area contributed by atoms with E-state index in [2.05, 4.69) is 10.3 Å². The first kappa shape index (κ1) is 19.6. The van der Waals surface area contributed by atoms with E-state index in [0.29, 0.717) is 23.7 Å². The Morgan fingerprint density at radius 2 is 1.90 bits per heavy atom. The Hall–Kier alpha value is -2.74. The Labute approximate surface area is 172 Å². The van der Waals surface area contributed by atoms with E-state index in [1.165, 1.54) is 24.1 Å².